The molecule has 20 heavy (non-hydrogen) atoms. The van der Waals surface area contributed by atoms with Gasteiger partial charge in [0.15, 0.2) is 0 Å². The van der Waals surface area contributed by atoms with Crippen LogP contribution in [0.2, 0.25) is 0 Å². The Bertz CT molecular complexity index is 544. The van der Waals surface area contributed by atoms with Crippen molar-refractivity contribution in [3.05, 3.63) is 47.3 Å². The molecule has 2 N–H and O–H groups in total. The molecule has 0 aliphatic carbocycles. The van der Waals surface area contributed by atoms with E-state index in [2.05, 4.69) is 36.4 Å². The van der Waals surface area contributed by atoms with Crippen molar-refractivity contribution in [2.75, 3.05) is 6.61 Å². The zero-order chi connectivity index (χ0) is 14.5. The molecule has 2 aromatic rings. The van der Waals surface area contributed by atoms with Gasteiger partial charge >= 0.3 is 0 Å². The number of aryl methyl sites for hydroxylation is 1. The Morgan fingerprint density at radius 2 is 1.95 bits per heavy atom. The fourth-order valence-corrected chi connectivity index (χ4v) is 2.34. The quantitative estimate of drug-likeness (QED) is 0.849. The lowest BCUT2D eigenvalue weighted by Gasteiger charge is -2.14. The predicted molar refractivity (Wildman–Crippen MR) is 81.0 cm³/mol. The van der Waals surface area contributed by atoms with Gasteiger partial charge in [-0.05, 0) is 32.4 Å². The summed E-state index contributed by atoms with van der Waals surface area (Å²) in [6, 6.07) is 10.3. The van der Waals surface area contributed by atoms with Crippen LogP contribution in [-0.4, -0.2) is 27.5 Å². The zero-order valence-corrected chi connectivity index (χ0v) is 12.4. The number of aromatic nitrogens is 2. The number of nitrogens with one attached hydrogen (secondary N) is 1. The van der Waals surface area contributed by atoms with Gasteiger partial charge in [-0.3, -0.25) is 0 Å². The molecule has 4 heteroatoms. The average Bonchev–Trinajstić information content (AvgIpc) is 2.77. The van der Waals surface area contributed by atoms with E-state index in [-0.39, 0.29) is 12.6 Å². The highest BCUT2D eigenvalue weighted by Gasteiger charge is 2.13. The van der Waals surface area contributed by atoms with Gasteiger partial charge < -0.3 is 10.4 Å². The molecular weight excluding hydrogens is 250 g/mol. The van der Waals surface area contributed by atoms with E-state index in [9.17, 15) is 5.11 Å². The summed E-state index contributed by atoms with van der Waals surface area (Å²) in [6.07, 6.45) is 0.918. The van der Waals surface area contributed by atoms with Gasteiger partial charge in [0.2, 0.25) is 0 Å². The van der Waals surface area contributed by atoms with Crippen molar-refractivity contribution < 1.29 is 5.11 Å². The molecule has 0 aliphatic rings. The molecule has 0 saturated heterocycles. The van der Waals surface area contributed by atoms with Crippen LogP contribution in [0.15, 0.2) is 30.3 Å². The molecule has 2 rings (SSSR count). The van der Waals surface area contributed by atoms with Crippen LogP contribution in [0.4, 0.5) is 0 Å². The lowest BCUT2D eigenvalue weighted by atomic mass is 10.1. The van der Waals surface area contributed by atoms with E-state index >= 15 is 0 Å². The van der Waals surface area contributed by atoms with Crippen LogP contribution in [0.1, 0.15) is 30.3 Å². The Kier molecular flexibility index (Phi) is 4.93. The maximum atomic E-state index is 9.24. The van der Waals surface area contributed by atoms with Crippen molar-refractivity contribution in [3.63, 3.8) is 0 Å². The summed E-state index contributed by atoms with van der Waals surface area (Å²) in [5, 5.41) is 17.2. The first-order valence-electron chi connectivity index (χ1n) is 7.12. The number of para-hydroxylation sites is 1. The predicted octanol–water partition coefficient (Wildman–Crippen LogP) is 2.35. The van der Waals surface area contributed by atoms with Crippen molar-refractivity contribution in [3.8, 4) is 5.69 Å². The summed E-state index contributed by atoms with van der Waals surface area (Å²) < 4.78 is 1.98. The number of rotatable bonds is 6. The zero-order valence-electron chi connectivity index (χ0n) is 12.4. The molecule has 1 aromatic heterocycles. The summed E-state index contributed by atoms with van der Waals surface area (Å²) in [4.78, 5) is 0. The van der Waals surface area contributed by atoms with Crippen molar-refractivity contribution in [2.24, 2.45) is 0 Å². The summed E-state index contributed by atoms with van der Waals surface area (Å²) >= 11 is 0. The van der Waals surface area contributed by atoms with E-state index in [0.29, 0.717) is 0 Å². The van der Waals surface area contributed by atoms with Crippen molar-refractivity contribution >= 4 is 0 Å². The van der Waals surface area contributed by atoms with Gasteiger partial charge in [0.05, 0.1) is 18.0 Å². The molecule has 1 aromatic carbocycles. The van der Waals surface area contributed by atoms with E-state index in [0.717, 1.165) is 30.0 Å². The second kappa shape index (κ2) is 6.68. The van der Waals surface area contributed by atoms with Crippen molar-refractivity contribution in [2.45, 2.75) is 39.8 Å². The van der Waals surface area contributed by atoms with Crippen LogP contribution in [-0.2, 0) is 6.54 Å². The van der Waals surface area contributed by atoms with E-state index < -0.39 is 0 Å². The second-order valence-corrected chi connectivity index (χ2v) is 5.07. The minimum Gasteiger partial charge on any atom is -0.395 e. The third kappa shape index (κ3) is 3.08. The van der Waals surface area contributed by atoms with Crippen LogP contribution >= 0.6 is 0 Å². The second-order valence-electron chi connectivity index (χ2n) is 5.07. The van der Waals surface area contributed by atoms with Crippen LogP contribution < -0.4 is 5.32 Å². The van der Waals surface area contributed by atoms with Gasteiger partial charge in [-0.1, -0.05) is 25.1 Å². The lowest BCUT2D eigenvalue weighted by Crippen LogP contribution is -2.31. The van der Waals surface area contributed by atoms with Gasteiger partial charge in [-0.15, -0.1) is 0 Å². The molecule has 0 radical (unpaired) electrons. The molecule has 0 bridgehead atoms. The summed E-state index contributed by atoms with van der Waals surface area (Å²) in [7, 11) is 0. The molecule has 0 saturated carbocycles. The number of nitrogens with zero attached hydrogens (tertiary/aromatic N) is 2. The highest BCUT2D eigenvalue weighted by Crippen LogP contribution is 2.17. The third-order valence-corrected chi connectivity index (χ3v) is 3.72. The monoisotopic (exact) mass is 273 g/mol. The Morgan fingerprint density at radius 1 is 1.25 bits per heavy atom. The molecule has 0 fully saturated rings. The molecule has 0 aliphatic heterocycles. The SMILES string of the molecule is CC[C@@H](CO)NCc1c(C)nn(-c2ccccc2)c1C. The average molecular weight is 273 g/mol. The van der Waals surface area contributed by atoms with Gasteiger partial charge in [0.25, 0.3) is 0 Å². The molecule has 1 heterocycles. The Morgan fingerprint density at radius 3 is 2.55 bits per heavy atom. The maximum absolute atomic E-state index is 9.24. The molecule has 4 nitrogen and oxygen atoms in total. The summed E-state index contributed by atoms with van der Waals surface area (Å²) in [5.41, 5.74) is 4.47. The fourth-order valence-electron chi connectivity index (χ4n) is 2.34. The number of hydrogen-bond acceptors (Lipinski definition) is 3. The normalized spacial score (nSPS) is 12.6. The van der Waals surface area contributed by atoms with E-state index in [1.165, 1.54) is 5.56 Å². The topological polar surface area (TPSA) is 50.1 Å². The van der Waals surface area contributed by atoms with Crippen LogP contribution in [0.5, 0.6) is 0 Å². The van der Waals surface area contributed by atoms with Crippen LogP contribution in [0.25, 0.3) is 5.69 Å². The van der Waals surface area contributed by atoms with Crippen LogP contribution in [0, 0.1) is 13.8 Å². The van der Waals surface area contributed by atoms with Crippen molar-refractivity contribution in [1.82, 2.24) is 15.1 Å². The number of aliphatic hydroxyl groups excluding tert-OH is 1. The number of aliphatic hydroxyl groups is 1. The van der Waals surface area contributed by atoms with Gasteiger partial charge in [0, 0.05) is 23.8 Å². The molecular formula is C16H23N3O. The standard InChI is InChI=1S/C16H23N3O/c1-4-14(11-20)17-10-16-12(2)18-19(13(16)3)15-8-6-5-7-9-15/h5-9,14,17,20H,4,10-11H2,1-3H3/t14-/m0/s1. The van der Waals surface area contributed by atoms with E-state index in [4.69, 9.17) is 0 Å². The molecule has 108 valence electrons. The highest BCUT2D eigenvalue weighted by molar-refractivity contribution is 5.36. The Balaban J connectivity index is 2.21. The van der Waals surface area contributed by atoms with E-state index in [1.807, 2.05) is 29.8 Å². The largest absolute Gasteiger partial charge is 0.395 e. The maximum Gasteiger partial charge on any atom is 0.0648 e. The summed E-state index contributed by atoms with van der Waals surface area (Å²) in [6.45, 7) is 7.10. The first-order chi connectivity index (χ1) is 9.67. The molecule has 1 atom stereocenters. The smallest absolute Gasteiger partial charge is 0.0648 e. The van der Waals surface area contributed by atoms with Gasteiger partial charge in [-0.25, -0.2) is 4.68 Å². The van der Waals surface area contributed by atoms with Gasteiger partial charge in [-0.2, -0.15) is 5.10 Å². The van der Waals surface area contributed by atoms with Gasteiger partial charge in [0.1, 0.15) is 0 Å². The number of benzene rings is 1. The van der Waals surface area contributed by atoms with Crippen LogP contribution in [0.3, 0.4) is 0 Å². The third-order valence-electron chi connectivity index (χ3n) is 3.72. The molecule has 0 amide bonds. The first kappa shape index (κ1) is 14.8. The van der Waals surface area contributed by atoms with E-state index in [1.54, 1.807) is 0 Å². The molecule has 0 unspecified atom stereocenters. The molecule has 0 spiro atoms. The Hall–Kier alpha value is -1.65. The van der Waals surface area contributed by atoms with Crippen molar-refractivity contribution in [1.29, 1.82) is 0 Å². The lowest BCUT2D eigenvalue weighted by molar-refractivity contribution is 0.238. The highest BCUT2D eigenvalue weighted by atomic mass is 16.3. The fraction of sp³-hybridized carbons (Fsp3) is 0.438. The Labute approximate surface area is 120 Å². The number of hydrogen-bond donors (Lipinski definition) is 2. The minimum absolute atomic E-state index is 0.147. The minimum atomic E-state index is 0.147. The first-order valence-corrected chi connectivity index (χ1v) is 7.12. The summed E-state index contributed by atoms with van der Waals surface area (Å²) in [5.74, 6) is 0.